The Morgan fingerprint density at radius 2 is 1.12 bits per heavy atom. The van der Waals surface area contributed by atoms with Gasteiger partial charge in [-0.1, -0.05) is 121 Å². The van der Waals surface area contributed by atoms with E-state index >= 15 is 0 Å². The Morgan fingerprint density at radius 1 is 0.697 bits per heavy atom. The van der Waals surface area contributed by atoms with E-state index in [1.807, 2.05) is 84.9 Å². The molecule has 4 nitrogen and oxygen atoms in total. The first-order valence-corrected chi connectivity index (χ1v) is 11.2. The number of hydrogen-bond donors (Lipinski definition) is 1. The van der Waals surface area contributed by atoms with Crippen LogP contribution in [0.2, 0.25) is 0 Å². The molecule has 0 aromatic heterocycles. The molecule has 4 heteroatoms. The second-order valence-electron chi connectivity index (χ2n) is 8.20. The Kier molecular flexibility index (Phi) is 6.03. The maximum atomic E-state index is 13.1. The maximum absolute atomic E-state index is 13.1. The normalized spacial score (nSPS) is 15.8. The average molecular weight is 435 g/mol. The molecule has 1 saturated heterocycles. The van der Waals surface area contributed by atoms with E-state index < -0.39 is 5.54 Å². The van der Waals surface area contributed by atoms with Gasteiger partial charge in [-0.2, -0.15) is 0 Å². The van der Waals surface area contributed by atoms with Gasteiger partial charge in [-0.25, -0.2) is 5.06 Å². The van der Waals surface area contributed by atoms with E-state index in [2.05, 4.69) is 41.7 Å². The second-order valence-corrected chi connectivity index (χ2v) is 8.20. The van der Waals surface area contributed by atoms with Crippen LogP contribution in [0.1, 0.15) is 22.3 Å². The minimum absolute atomic E-state index is 0.0573. The van der Waals surface area contributed by atoms with Crippen LogP contribution in [0.15, 0.2) is 121 Å². The SMILES string of the molecule is O=C1[C@@H](NC(c2ccccc2)(c2ccccc2)c2ccccc2)CN1OCc1ccccc1. The molecule has 0 saturated carbocycles. The Hall–Kier alpha value is -3.73. The average Bonchev–Trinajstić information content (AvgIpc) is 2.90. The number of benzene rings is 4. The molecule has 1 aliphatic rings. The van der Waals surface area contributed by atoms with Crippen LogP contribution in [0.5, 0.6) is 0 Å². The molecule has 4 aromatic rings. The minimum atomic E-state index is -0.671. The summed E-state index contributed by atoms with van der Waals surface area (Å²) in [6.07, 6.45) is 0. The molecule has 5 rings (SSSR count). The Balaban J connectivity index is 1.45. The summed E-state index contributed by atoms with van der Waals surface area (Å²) in [6.45, 7) is 0.862. The van der Waals surface area contributed by atoms with Crippen molar-refractivity contribution in [2.45, 2.75) is 18.2 Å². The molecule has 1 atom stereocenters. The highest BCUT2D eigenvalue weighted by Crippen LogP contribution is 2.38. The Labute approximate surface area is 194 Å². The summed E-state index contributed by atoms with van der Waals surface area (Å²) in [7, 11) is 0. The van der Waals surface area contributed by atoms with E-state index in [-0.39, 0.29) is 11.9 Å². The van der Waals surface area contributed by atoms with Crippen molar-refractivity contribution in [1.29, 1.82) is 0 Å². The third-order valence-electron chi connectivity index (χ3n) is 6.13. The molecule has 0 bridgehead atoms. The van der Waals surface area contributed by atoms with Crippen molar-refractivity contribution in [3.63, 3.8) is 0 Å². The van der Waals surface area contributed by atoms with Gasteiger partial charge >= 0.3 is 0 Å². The molecule has 0 spiro atoms. The fourth-order valence-electron chi connectivity index (χ4n) is 4.42. The van der Waals surface area contributed by atoms with Crippen LogP contribution in [-0.4, -0.2) is 23.6 Å². The highest BCUT2D eigenvalue weighted by atomic mass is 16.7. The Bertz CT molecular complexity index is 1080. The Morgan fingerprint density at radius 3 is 1.55 bits per heavy atom. The summed E-state index contributed by atoms with van der Waals surface area (Å²) in [4.78, 5) is 18.9. The summed E-state index contributed by atoms with van der Waals surface area (Å²) in [5.41, 5.74) is 3.61. The zero-order chi connectivity index (χ0) is 22.5. The molecule has 0 unspecified atom stereocenters. The van der Waals surface area contributed by atoms with Crippen LogP contribution in [0.25, 0.3) is 0 Å². The molecule has 164 valence electrons. The predicted octanol–water partition coefficient (Wildman–Crippen LogP) is 4.91. The van der Waals surface area contributed by atoms with E-state index in [0.29, 0.717) is 13.2 Å². The largest absolute Gasteiger partial charge is 0.287 e. The summed E-state index contributed by atoms with van der Waals surface area (Å²) >= 11 is 0. The zero-order valence-electron chi connectivity index (χ0n) is 18.3. The lowest BCUT2D eigenvalue weighted by Crippen LogP contribution is -2.66. The molecule has 1 N–H and O–H groups in total. The highest BCUT2D eigenvalue weighted by molar-refractivity contribution is 5.87. The fraction of sp³-hybridized carbons (Fsp3) is 0.138. The van der Waals surface area contributed by atoms with Gasteiger partial charge in [0.15, 0.2) is 0 Å². The van der Waals surface area contributed by atoms with Gasteiger partial charge in [0.1, 0.15) is 12.6 Å². The van der Waals surface area contributed by atoms with E-state index in [1.54, 1.807) is 0 Å². The van der Waals surface area contributed by atoms with Crippen LogP contribution in [0, 0.1) is 0 Å². The van der Waals surface area contributed by atoms with Crippen LogP contribution in [0.3, 0.4) is 0 Å². The highest BCUT2D eigenvalue weighted by Gasteiger charge is 2.46. The van der Waals surface area contributed by atoms with Crippen molar-refractivity contribution >= 4 is 5.91 Å². The van der Waals surface area contributed by atoms with Crippen LogP contribution >= 0.6 is 0 Å². The van der Waals surface area contributed by atoms with Crippen molar-refractivity contribution in [1.82, 2.24) is 10.4 Å². The predicted molar refractivity (Wildman–Crippen MR) is 129 cm³/mol. The zero-order valence-corrected chi connectivity index (χ0v) is 18.3. The van der Waals surface area contributed by atoms with E-state index in [4.69, 9.17) is 4.84 Å². The number of amides is 1. The number of rotatable bonds is 8. The van der Waals surface area contributed by atoms with Crippen molar-refractivity contribution < 1.29 is 9.63 Å². The molecule has 1 heterocycles. The fourth-order valence-corrected chi connectivity index (χ4v) is 4.42. The van der Waals surface area contributed by atoms with Gasteiger partial charge in [0.2, 0.25) is 0 Å². The molecule has 1 fully saturated rings. The van der Waals surface area contributed by atoms with Crippen LogP contribution < -0.4 is 5.32 Å². The van der Waals surface area contributed by atoms with Crippen molar-refractivity contribution in [3.05, 3.63) is 144 Å². The molecule has 1 amide bonds. The maximum Gasteiger partial charge on any atom is 0.265 e. The lowest BCUT2D eigenvalue weighted by molar-refractivity contribution is -0.220. The van der Waals surface area contributed by atoms with E-state index in [1.165, 1.54) is 5.06 Å². The van der Waals surface area contributed by atoms with Gasteiger partial charge in [0.25, 0.3) is 5.91 Å². The standard InChI is InChI=1S/C29H26N2O2/c32-28-27(21-31(28)33-22-23-13-5-1-6-14-23)30-29(24-15-7-2-8-16-24,25-17-9-3-10-18-25)26-19-11-4-12-20-26/h1-20,27,30H,21-22H2/t27-/m0/s1. The van der Waals surface area contributed by atoms with Crippen molar-refractivity contribution in [3.8, 4) is 0 Å². The summed E-state index contributed by atoms with van der Waals surface area (Å²) < 4.78 is 0. The van der Waals surface area contributed by atoms with E-state index in [9.17, 15) is 4.79 Å². The first-order valence-electron chi connectivity index (χ1n) is 11.2. The first kappa shape index (κ1) is 21.1. The van der Waals surface area contributed by atoms with Gasteiger partial charge in [-0.15, -0.1) is 0 Å². The van der Waals surface area contributed by atoms with Gasteiger partial charge in [-0.05, 0) is 22.3 Å². The van der Waals surface area contributed by atoms with Gasteiger partial charge in [0.05, 0.1) is 12.1 Å². The third-order valence-corrected chi connectivity index (χ3v) is 6.13. The number of nitrogens with one attached hydrogen (secondary N) is 1. The van der Waals surface area contributed by atoms with Gasteiger partial charge in [-0.3, -0.25) is 14.9 Å². The monoisotopic (exact) mass is 434 g/mol. The second kappa shape index (κ2) is 9.41. The summed E-state index contributed by atoms with van der Waals surface area (Å²) in [5, 5.41) is 5.18. The molecular weight excluding hydrogens is 408 g/mol. The molecule has 4 aromatic carbocycles. The van der Waals surface area contributed by atoms with Crippen molar-refractivity contribution in [2.75, 3.05) is 6.54 Å². The number of hydroxylamine groups is 2. The van der Waals surface area contributed by atoms with Gasteiger partial charge in [0, 0.05) is 0 Å². The number of β-lactam (4-membered cyclic amide) rings is 1. The lowest BCUT2D eigenvalue weighted by Gasteiger charge is -2.45. The van der Waals surface area contributed by atoms with Crippen LogP contribution in [0.4, 0.5) is 0 Å². The number of nitrogens with zero attached hydrogens (tertiary/aromatic N) is 1. The minimum Gasteiger partial charge on any atom is -0.287 e. The quantitative estimate of drug-likeness (QED) is 0.316. The lowest BCUT2D eigenvalue weighted by atomic mass is 9.76. The molecule has 33 heavy (non-hydrogen) atoms. The smallest absolute Gasteiger partial charge is 0.265 e. The number of carbonyl (C=O) groups excluding carboxylic acids is 1. The molecule has 1 aliphatic heterocycles. The van der Waals surface area contributed by atoms with Crippen LogP contribution in [-0.2, 0) is 21.8 Å². The molecule has 0 aliphatic carbocycles. The summed E-state index contributed by atoms with van der Waals surface area (Å²) in [6, 6.07) is 40.4. The third kappa shape index (κ3) is 4.19. The van der Waals surface area contributed by atoms with Crippen molar-refractivity contribution in [2.24, 2.45) is 0 Å². The van der Waals surface area contributed by atoms with E-state index in [0.717, 1.165) is 22.3 Å². The van der Waals surface area contributed by atoms with Gasteiger partial charge < -0.3 is 0 Å². The molecular formula is C29H26N2O2. The first-order chi connectivity index (χ1) is 16.3. The molecule has 0 radical (unpaired) electrons. The summed E-state index contributed by atoms with van der Waals surface area (Å²) in [5.74, 6) is -0.0573. The number of hydrogen-bond acceptors (Lipinski definition) is 3. The number of carbonyl (C=O) groups is 1. The topological polar surface area (TPSA) is 41.6 Å².